The van der Waals surface area contributed by atoms with Gasteiger partial charge in [-0.15, -0.1) is 0 Å². The van der Waals surface area contributed by atoms with Crippen LogP contribution in [0.3, 0.4) is 0 Å². The molecule has 0 aliphatic carbocycles. The highest BCUT2D eigenvalue weighted by atomic mass is 19.4. The molecule has 13 heteroatoms. The van der Waals surface area contributed by atoms with Crippen molar-refractivity contribution < 1.29 is 53.8 Å². The third-order valence-corrected chi connectivity index (χ3v) is 7.90. The maximum Gasteiger partial charge on any atom is 0.460 e. The molecule has 0 aliphatic heterocycles. The molecule has 0 radical (unpaired) electrons. The number of pyridine rings is 1. The molecule has 0 unspecified atom stereocenters. The third-order valence-electron chi connectivity index (χ3n) is 7.90. The summed E-state index contributed by atoms with van der Waals surface area (Å²) >= 11 is 0. The van der Waals surface area contributed by atoms with Gasteiger partial charge >= 0.3 is 29.9 Å². The van der Waals surface area contributed by atoms with Gasteiger partial charge in [-0.05, 0) is 93.1 Å². The maximum absolute atomic E-state index is 14.9. The number of alkyl halides is 9. The van der Waals surface area contributed by atoms with Gasteiger partial charge in [-0.25, -0.2) is 0 Å². The van der Waals surface area contributed by atoms with E-state index in [4.69, 9.17) is 9.47 Å². The predicted octanol–water partition coefficient (Wildman–Crippen LogP) is 9.65. The molecule has 1 aromatic heterocycles. The van der Waals surface area contributed by atoms with E-state index in [9.17, 15) is 44.3 Å². The Morgan fingerprint density at radius 2 is 1.33 bits per heavy atom. The van der Waals surface area contributed by atoms with E-state index in [0.29, 0.717) is 19.4 Å². The summed E-state index contributed by atoms with van der Waals surface area (Å²) in [6.45, 7) is 8.49. The Morgan fingerprint density at radius 3 is 1.89 bits per heavy atom. The van der Waals surface area contributed by atoms with Gasteiger partial charge < -0.3 is 9.47 Å². The minimum absolute atomic E-state index is 0.0359. The summed E-state index contributed by atoms with van der Waals surface area (Å²) in [4.78, 5) is 16.7. The van der Waals surface area contributed by atoms with Crippen LogP contribution in [0, 0.1) is 19.3 Å². The second-order valence-electron chi connectivity index (χ2n) is 12.1. The van der Waals surface area contributed by atoms with Gasteiger partial charge in [-0.3, -0.25) is 9.78 Å². The van der Waals surface area contributed by atoms with Crippen LogP contribution in [0.15, 0.2) is 67.0 Å². The first kappa shape index (κ1) is 36.7. The molecule has 0 spiro atoms. The second-order valence-corrected chi connectivity index (χ2v) is 12.1. The van der Waals surface area contributed by atoms with E-state index in [-0.39, 0.29) is 16.9 Å². The molecule has 0 fully saturated rings. The molecular formula is C33H34F9NO3. The SMILES string of the molecule is Cc1ccc(C)c(OCCCC(C)(C)C(=O)Oc2ccc([C@](C)(CC(F)(F)C(F)(F)C(F)(F)C(F)(F)F)c3ccncc3)cc2)c1. The molecular weight excluding hydrogens is 629 g/mol. The predicted molar refractivity (Wildman–Crippen MR) is 153 cm³/mol. The minimum Gasteiger partial charge on any atom is -0.493 e. The zero-order valence-electron chi connectivity index (χ0n) is 25.8. The minimum atomic E-state index is -7.01. The lowest BCUT2D eigenvalue weighted by Crippen LogP contribution is -2.62. The molecule has 0 aliphatic rings. The molecule has 3 aromatic rings. The summed E-state index contributed by atoms with van der Waals surface area (Å²) in [5.41, 5.74) is -1.45. The number of hydrogen-bond acceptors (Lipinski definition) is 4. The van der Waals surface area contributed by atoms with Gasteiger partial charge in [0.1, 0.15) is 11.5 Å². The number of rotatable bonds is 13. The Hall–Kier alpha value is -3.77. The maximum atomic E-state index is 14.9. The normalized spacial score (nSPS) is 14.5. The lowest BCUT2D eigenvalue weighted by molar-refractivity contribution is -0.397. The van der Waals surface area contributed by atoms with Crippen molar-refractivity contribution in [2.45, 2.75) is 83.2 Å². The molecule has 0 saturated heterocycles. The van der Waals surface area contributed by atoms with E-state index in [1.54, 1.807) is 13.8 Å². The fraction of sp³-hybridized carbons (Fsp3) is 0.455. The topological polar surface area (TPSA) is 48.4 Å². The molecule has 46 heavy (non-hydrogen) atoms. The first-order valence-electron chi connectivity index (χ1n) is 14.2. The fourth-order valence-electron chi connectivity index (χ4n) is 4.85. The standard InChI is InChI=1S/C33H34F9NO3/c1-21-7-8-22(2)26(19-21)45-18-6-15-28(3,4)27(44)46-25-11-9-23(10-12-25)29(5,24-13-16-43-17-14-24)20-30(34,35)31(36,37)32(38,39)33(40,41)42/h7-14,16-17,19H,6,15,18,20H2,1-5H3/t29-/m0/s1. The van der Waals surface area contributed by atoms with Gasteiger partial charge in [-0.1, -0.05) is 31.2 Å². The van der Waals surface area contributed by atoms with Crippen LogP contribution >= 0.6 is 0 Å². The number of esters is 1. The van der Waals surface area contributed by atoms with Crippen LogP contribution in [0.1, 0.15) is 62.3 Å². The lowest BCUT2D eigenvalue weighted by Gasteiger charge is -2.39. The molecule has 0 saturated carbocycles. The first-order valence-corrected chi connectivity index (χ1v) is 14.2. The highest BCUT2D eigenvalue weighted by Gasteiger charge is 2.82. The van der Waals surface area contributed by atoms with Crippen LogP contribution < -0.4 is 9.47 Å². The van der Waals surface area contributed by atoms with Crippen molar-refractivity contribution in [1.29, 1.82) is 0 Å². The Bertz CT molecular complexity index is 1490. The fourth-order valence-corrected chi connectivity index (χ4v) is 4.85. The van der Waals surface area contributed by atoms with E-state index in [1.807, 2.05) is 32.0 Å². The second kappa shape index (κ2) is 13.2. The molecule has 1 atom stereocenters. The lowest BCUT2D eigenvalue weighted by atomic mass is 9.71. The summed E-state index contributed by atoms with van der Waals surface area (Å²) in [5, 5.41) is 0. The van der Waals surface area contributed by atoms with Gasteiger partial charge in [0.05, 0.1) is 12.0 Å². The monoisotopic (exact) mass is 663 g/mol. The number of benzene rings is 2. The molecule has 2 aromatic carbocycles. The Morgan fingerprint density at radius 1 is 0.761 bits per heavy atom. The van der Waals surface area contributed by atoms with Gasteiger partial charge in [-0.2, -0.15) is 39.5 Å². The largest absolute Gasteiger partial charge is 0.493 e. The van der Waals surface area contributed by atoms with Crippen LogP contribution in [0.2, 0.25) is 0 Å². The summed E-state index contributed by atoms with van der Waals surface area (Å²) in [7, 11) is 0. The number of aryl methyl sites for hydroxylation is 2. The number of nitrogens with zero attached hydrogens (tertiary/aromatic N) is 1. The van der Waals surface area contributed by atoms with Crippen molar-refractivity contribution in [1.82, 2.24) is 4.98 Å². The number of halogens is 9. The number of aromatic nitrogens is 1. The van der Waals surface area contributed by atoms with Crippen LogP contribution in [0.25, 0.3) is 0 Å². The summed E-state index contributed by atoms with van der Waals surface area (Å²) in [6.07, 6.45) is -5.93. The van der Waals surface area contributed by atoms with E-state index in [0.717, 1.165) is 60.5 Å². The van der Waals surface area contributed by atoms with E-state index in [1.165, 1.54) is 12.1 Å². The quantitative estimate of drug-likeness (QED) is 0.0791. The van der Waals surface area contributed by atoms with Crippen molar-refractivity contribution in [2.75, 3.05) is 6.61 Å². The van der Waals surface area contributed by atoms with Crippen LogP contribution in [-0.4, -0.2) is 41.5 Å². The number of ether oxygens (including phenoxy) is 2. The average Bonchev–Trinajstić information content (AvgIpc) is 2.96. The highest BCUT2D eigenvalue weighted by molar-refractivity contribution is 5.78. The molecule has 3 rings (SSSR count). The highest BCUT2D eigenvalue weighted by Crippen LogP contribution is 2.56. The molecule has 252 valence electrons. The van der Waals surface area contributed by atoms with Crippen molar-refractivity contribution in [3.63, 3.8) is 0 Å². The van der Waals surface area contributed by atoms with Crippen molar-refractivity contribution >= 4 is 5.97 Å². The van der Waals surface area contributed by atoms with Gasteiger partial charge in [0.15, 0.2) is 0 Å². The Balaban J connectivity index is 1.78. The Kier molecular flexibility index (Phi) is 10.5. The number of carbonyl (C=O) groups excluding carboxylic acids is 1. The van der Waals surface area contributed by atoms with Crippen LogP contribution in [0.4, 0.5) is 39.5 Å². The van der Waals surface area contributed by atoms with Crippen molar-refractivity contribution in [2.24, 2.45) is 5.41 Å². The molecule has 0 N–H and O–H groups in total. The van der Waals surface area contributed by atoms with Crippen LogP contribution in [-0.2, 0) is 10.2 Å². The van der Waals surface area contributed by atoms with E-state index < -0.39 is 47.2 Å². The average molecular weight is 664 g/mol. The van der Waals surface area contributed by atoms with Crippen molar-refractivity contribution in [3.05, 3.63) is 89.2 Å². The summed E-state index contributed by atoms with van der Waals surface area (Å²) in [6, 6.07) is 12.8. The number of hydrogen-bond donors (Lipinski definition) is 0. The summed E-state index contributed by atoms with van der Waals surface area (Å²) in [5.74, 6) is -19.6. The number of carbonyl (C=O) groups is 1. The first-order chi connectivity index (χ1) is 21.0. The molecule has 4 nitrogen and oxygen atoms in total. The van der Waals surface area contributed by atoms with E-state index in [2.05, 4.69) is 4.98 Å². The third kappa shape index (κ3) is 7.60. The molecule has 1 heterocycles. The Labute approximate surface area is 260 Å². The van der Waals surface area contributed by atoms with Crippen molar-refractivity contribution in [3.8, 4) is 11.5 Å². The molecule has 0 bridgehead atoms. The summed E-state index contributed by atoms with van der Waals surface area (Å²) < 4.78 is 135. The zero-order valence-corrected chi connectivity index (χ0v) is 25.8. The van der Waals surface area contributed by atoms with Gasteiger partial charge in [0.2, 0.25) is 0 Å². The zero-order chi connectivity index (χ0) is 34.8. The van der Waals surface area contributed by atoms with E-state index >= 15 is 0 Å². The van der Waals surface area contributed by atoms with Gasteiger partial charge in [0, 0.05) is 24.2 Å². The smallest absolute Gasteiger partial charge is 0.460 e. The van der Waals surface area contributed by atoms with Crippen LogP contribution in [0.5, 0.6) is 11.5 Å². The molecule has 0 amide bonds. The van der Waals surface area contributed by atoms with Gasteiger partial charge in [0.25, 0.3) is 0 Å².